The fourth-order valence-electron chi connectivity index (χ4n) is 3.49. The summed E-state index contributed by atoms with van der Waals surface area (Å²) in [7, 11) is 0. The highest BCUT2D eigenvalue weighted by atomic mass is 32.2. The third-order valence-electron chi connectivity index (χ3n) is 5.13. The second kappa shape index (κ2) is 8.02. The standard InChI is InChI=1S/C20H23N3O2S2/c1-12-8-16-14(10-18(24)25-17(16)9-13(12)2)11-26-20-23-22-19(27-20)21-15-6-4-3-5-7-15/h8-10,15H,3-7,11H2,1-2H3,(H,21,22). The molecule has 0 aliphatic heterocycles. The van der Waals surface area contributed by atoms with Crippen molar-refractivity contribution in [2.24, 2.45) is 0 Å². The van der Waals surface area contributed by atoms with Crippen molar-refractivity contribution >= 4 is 39.2 Å². The Morgan fingerprint density at radius 1 is 1.15 bits per heavy atom. The van der Waals surface area contributed by atoms with Crippen molar-refractivity contribution in [3.8, 4) is 0 Å². The Morgan fingerprint density at radius 2 is 1.93 bits per heavy atom. The third kappa shape index (κ3) is 4.35. The zero-order valence-corrected chi connectivity index (χ0v) is 17.2. The molecule has 0 atom stereocenters. The lowest BCUT2D eigenvalue weighted by Crippen LogP contribution is -2.21. The van der Waals surface area contributed by atoms with E-state index in [9.17, 15) is 4.79 Å². The van der Waals surface area contributed by atoms with Gasteiger partial charge in [-0.05, 0) is 55.5 Å². The Bertz CT molecular complexity index is 1010. The monoisotopic (exact) mass is 401 g/mol. The van der Waals surface area contributed by atoms with E-state index >= 15 is 0 Å². The van der Waals surface area contributed by atoms with Crippen molar-refractivity contribution in [3.05, 3.63) is 45.3 Å². The van der Waals surface area contributed by atoms with Gasteiger partial charge in [-0.1, -0.05) is 42.4 Å². The Hall–Kier alpha value is -1.86. The number of rotatable bonds is 5. The van der Waals surface area contributed by atoms with Gasteiger partial charge in [-0.25, -0.2) is 4.79 Å². The Morgan fingerprint density at radius 3 is 2.74 bits per heavy atom. The van der Waals surface area contributed by atoms with Crippen molar-refractivity contribution < 1.29 is 4.42 Å². The van der Waals surface area contributed by atoms with Crippen molar-refractivity contribution in [3.63, 3.8) is 0 Å². The molecule has 0 amide bonds. The molecule has 2 aromatic heterocycles. The van der Waals surface area contributed by atoms with Gasteiger partial charge in [0.25, 0.3) is 0 Å². The summed E-state index contributed by atoms with van der Waals surface area (Å²) in [5.74, 6) is 0.669. The molecule has 1 aromatic carbocycles. The first-order valence-corrected chi connectivity index (χ1v) is 11.2. The molecule has 0 bridgehead atoms. The van der Waals surface area contributed by atoms with E-state index in [0.717, 1.165) is 26.0 Å². The maximum absolute atomic E-state index is 11.9. The minimum absolute atomic E-state index is 0.307. The Kier molecular flexibility index (Phi) is 5.50. The van der Waals surface area contributed by atoms with Crippen LogP contribution in [0, 0.1) is 13.8 Å². The van der Waals surface area contributed by atoms with Crippen LogP contribution in [-0.2, 0) is 5.75 Å². The van der Waals surface area contributed by atoms with E-state index in [1.54, 1.807) is 29.2 Å². The molecular weight excluding hydrogens is 378 g/mol. The molecule has 0 unspecified atom stereocenters. The Balaban J connectivity index is 1.49. The van der Waals surface area contributed by atoms with Gasteiger partial charge < -0.3 is 9.73 Å². The highest BCUT2D eigenvalue weighted by molar-refractivity contribution is 8.00. The van der Waals surface area contributed by atoms with E-state index in [1.165, 1.54) is 37.7 Å². The summed E-state index contributed by atoms with van der Waals surface area (Å²) in [6.45, 7) is 4.10. The molecule has 7 heteroatoms. The van der Waals surface area contributed by atoms with Crippen LogP contribution in [0.1, 0.15) is 48.8 Å². The smallest absolute Gasteiger partial charge is 0.336 e. The minimum atomic E-state index is -0.307. The molecule has 2 heterocycles. The van der Waals surface area contributed by atoms with Crippen molar-refractivity contribution in [1.82, 2.24) is 10.2 Å². The number of thioether (sulfide) groups is 1. The van der Waals surface area contributed by atoms with Gasteiger partial charge in [-0.3, -0.25) is 0 Å². The lowest BCUT2D eigenvalue weighted by Gasteiger charge is -2.21. The maximum Gasteiger partial charge on any atom is 0.336 e. The van der Waals surface area contributed by atoms with Crippen LogP contribution in [0.4, 0.5) is 5.13 Å². The molecule has 1 fully saturated rings. The quantitative estimate of drug-likeness (QED) is 0.462. The van der Waals surface area contributed by atoms with Crippen LogP contribution in [0.3, 0.4) is 0 Å². The van der Waals surface area contributed by atoms with Crippen LogP contribution >= 0.6 is 23.1 Å². The first-order valence-electron chi connectivity index (χ1n) is 9.35. The highest BCUT2D eigenvalue weighted by Gasteiger charge is 2.16. The number of anilines is 1. The number of hydrogen-bond donors (Lipinski definition) is 1. The molecule has 0 saturated heterocycles. The van der Waals surface area contributed by atoms with Crippen LogP contribution in [0.15, 0.2) is 31.8 Å². The second-order valence-electron chi connectivity index (χ2n) is 7.16. The molecule has 4 rings (SSSR count). The lowest BCUT2D eigenvalue weighted by molar-refractivity contribution is 0.462. The van der Waals surface area contributed by atoms with Crippen LogP contribution in [0.25, 0.3) is 11.0 Å². The van der Waals surface area contributed by atoms with Crippen LogP contribution in [-0.4, -0.2) is 16.2 Å². The number of aromatic nitrogens is 2. The molecule has 1 aliphatic carbocycles. The number of fused-ring (bicyclic) bond motifs is 1. The maximum atomic E-state index is 11.9. The van der Waals surface area contributed by atoms with Crippen LogP contribution in [0.2, 0.25) is 0 Å². The van der Waals surface area contributed by atoms with E-state index in [-0.39, 0.29) is 5.63 Å². The number of nitrogens with zero attached hydrogens (tertiary/aromatic N) is 2. The molecular formula is C20H23N3O2S2. The molecule has 5 nitrogen and oxygen atoms in total. The summed E-state index contributed by atoms with van der Waals surface area (Å²) in [5.41, 5.74) is 3.64. The first-order chi connectivity index (χ1) is 13.1. The Labute approximate surface area is 166 Å². The van der Waals surface area contributed by atoms with E-state index in [2.05, 4.69) is 28.5 Å². The fourth-order valence-corrected chi connectivity index (χ4v) is 5.31. The summed E-state index contributed by atoms with van der Waals surface area (Å²) in [6.07, 6.45) is 6.36. The second-order valence-corrected chi connectivity index (χ2v) is 9.36. The largest absolute Gasteiger partial charge is 0.423 e. The minimum Gasteiger partial charge on any atom is -0.423 e. The van der Waals surface area contributed by atoms with Crippen LogP contribution in [0.5, 0.6) is 0 Å². The molecule has 1 aliphatic rings. The topological polar surface area (TPSA) is 68.0 Å². The lowest BCUT2D eigenvalue weighted by atomic mass is 9.96. The average molecular weight is 402 g/mol. The van der Waals surface area contributed by atoms with E-state index < -0.39 is 0 Å². The molecule has 0 spiro atoms. The average Bonchev–Trinajstić information content (AvgIpc) is 3.09. The van der Waals surface area contributed by atoms with Gasteiger partial charge in [0.1, 0.15) is 5.58 Å². The SMILES string of the molecule is Cc1cc2oc(=O)cc(CSc3nnc(NC4CCCCC4)s3)c2cc1C. The zero-order chi connectivity index (χ0) is 18.8. The zero-order valence-electron chi connectivity index (χ0n) is 15.6. The molecule has 1 N–H and O–H groups in total. The van der Waals surface area contributed by atoms with E-state index in [0.29, 0.717) is 17.4 Å². The predicted molar refractivity (Wildman–Crippen MR) is 112 cm³/mol. The molecule has 3 aromatic rings. The third-order valence-corrected chi connectivity index (χ3v) is 7.17. The predicted octanol–water partition coefficient (Wildman–Crippen LogP) is 5.30. The van der Waals surface area contributed by atoms with Gasteiger partial charge in [0, 0.05) is 23.2 Å². The summed E-state index contributed by atoms with van der Waals surface area (Å²) in [5, 5.41) is 14.0. The first kappa shape index (κ1) is 18.5. The van der Waals surface area contributed by atoms with Crippen LogP contribution < -0.4 is 10.9 Å². The summed E-state index contributed by atoms with van der Waals surface area (Å²) in [6, 6.07) is 6.15. The number of aryl methyl sites for hydroxylation is 2. The molecule has 142 valence electrons. The summed E-state index contributed by atoms with van der Waals surface area (Å²) >= 11 is 3.20. The van der Waals surface area contributed by atoms with Gasteiger partial charge in [0.05, 0.1) is 0 Å². The van der Waals surface area contributed by atoms with E-state index in [4.69, 9.17) is 4.42 Å². The summed E-state index contributed by atoms with van der Waals surface area (Å²) < 4.78 is 6.29. The van der Waals surface area contributed by atoms with Gasteiger partial charge in [-0.2, -0.15) is 0 Å². The molecule has 1 saturated carbocycles. The van der Waals surface area contributed by atoms with Gasteiger partial charge >= 0.3 is 5.63 Å². The molecule has 27 heavy (non-hydrogen) atoms. The van der Waals surface area contributed by atoms with Gasteiger partial charge in [-0.15, -0.1) is 10.2 Å². The van der Waals surface area contributed by atoms with Gasteiger partial charge in [0.15, 0.2) is 4.34 Å². The highest BCUT2D eigenvalue weighted by Crippen LogP contribution is 2.32. The number of hydrogen-bond acceptors (Lipinski definition) is 7. The van der Waals surface area contributed by atoms with Crippen molar-refractivity contribution in [2.45, 2.75) is 62.1 Å². The van der Waals surface area contributed by atoms with Crippen molar-refractivity contribution in [1.29, 1.82) is 0 Å². The van der Waals surface area contributed by atoms with Crippen molar-refractivity contribution in [2.75, 3.05) is 5.32 Å². The molecule has 0 radical (unpaired) electrons. The normalized spacial score (nSPS) is 15.3. The summed E-state index contributed by atoms with van der Waals surface area (Å²) in [4.78, 5) is 11.9. The van der Waals surface area contributed by atoms with Gasteiger partial charge in [0.2, 0.25) is 5.13 Å². The fraction of sp³-hybridized carbons (Fsp3) is 0.450. The van der Waals surface area contributed by atoms with E-state index in [1.807, 2.05) is 13.0 Å². The number of benzene rings is 1. The number of nitrogens with one attached hydrogen (secondary N) is 1.